The second-order valence-corrected chi connectivity index (χ2v) is 7.30. The maximum absolute atomic E-state index is 15.0. The Labute approximate surface area is 187 Å². The Morgan fingerprint density at radius 3 is 2.78 bits per heavy atom. The minimum absolute atomic E-state index is 0.000444. The molecule has 0 aliphatic carbocycles. The van der Waals surface area contributed by atoms with Gasteiger partial charge in [-0.25, -0.2) is 19.2 Å². The van der Waals surface area contributed by atoms with Gasteiger partial charge in [0.1, 0.15) is 36.0 Å². The molecule has 0 saturated carbocycles. The zero-order valence-corrected chi connectivity index (χ0v) is 17.8. The summed E-state index contributed by atoms with van der Waals surface area (Å²) >= 11 is 6.06. The van der Waals surface area contributed by atoms with Crippen LogP contribution in [0.15, 0.2) is 24.5 Å². The molecule has 32 heavy (non-hydrogen) atoms. The Hall–Kier alpha value is -3.47. The van der Waals surface area contributed by atoms with Crippen LogP contribution in [0.2, 0.25) is 5.15 Å². The molecule has 2 aliphatic rings. The molecule has 0 spiro atoms. The molecule has 10 nitrogen and oxygen atoms in total. The minimum Gasteiger partial charge on any atom is -0.475 e. The summed E-state index contributed by atoms with van der Waals surface area (Å²) in [5.41, 5.74) is 0.313. The molecule has 12 heteroatoms. The van der Waals surface area contributed by atoms with E-state index in [1.54, 1.807) is 6.92 Å². The standard InChI is InChI=1S/C20H19ClFN5O5/c1-2-31-15(28)10-25-5-6-27(20(25)30)14-4-3-12(9-13(14)22)26-7-8-32-18-16(19(26)29)17(21)23-11-24-18/h3-4,9,11H,2,5-8,10H2,1H3. The van der Waals surface area contributed by atoms with E-state index in [0.29, 0.717) is 0 Å². The number of esters is 1. The highest BCUT2D eigenvalue weighted by atomic mass is 35.5. The number of aromatic nitrogens is 2. The first-order valence-corrected chi connectivity index (χ1v) is 10.2. The summed E-state index contributed by atoms with van der Waals surface area (Å²) in [6, 6.07) is 3.61. The molecule has 1 saturated heterocycles. The molecule has 1 aromatic carbocycles. The lowest BCUT2D eigenvalue weighted by molar-refractivity contribution is -0.143. The van der Waals surface area contributed by atoms with Gasteiger partial charge in [-0.3, -0.25) is 14.5 Å². The van der Waals surface area contributed by atoms with Gasteiger partial charge in [-0.15, -0.1) is 0 Å². The number of halogens is 2. The topological polar surface area (TPSA) is 105 Å². The van der Waals surface area contributed by atoms with Crippen molar-refractivity contribution in [1.29, 1.82) is 0 Å². The van der Waals surface area contributed by atoms with Crippen LogP contribution in [0.5, 0.6) is 5.88 Å². The molecule has 2 aromatic rings. The molecule has 3 amide bonds. The second kappa shape index (κ2) is 8.95. The summed E-state index contributed by atoms with van der Waals surface area (Å²) < 4.78 is 25.4. The molecule has 3 heterocycles. The van der Waals surface area contributed by atoms with Crippen LogP contribution in [0.25, 0.3) is 0 Å². The van der Waals surface area contributed by atoms with Crippen molar-refractivity contribution in [3.63, 3.8) is 0 Å². The highest BCUT2D eigenvalue weighted by Gasteiger charge is 2.34. The van der Waals surface area contributed by atoms with Crippen LogP contribution in [-0.4, -0.2) is 72.2 Å². The Morgan fingerprint density at radius 1 is 1.22 bits per heavy atom. The average molecular weight is 464 g/mol. The minimum atomic E-state index is -0.692. The molecule has 0 radical (unpaired) electrons. The quantitative estimate of drug-likeness (QED) is 0.494. The fraction of sp³-hybridized carbons (Fsp3) is 0.350. The van der Waals surface area contributed by atoms with E-state index in [2.05, 4.69) is 9.97 Å². The SMILES string of the molecule is CCOC(=O)CN1CCN(c2ccc(N3CCOc4ncnc(Cl)c4C3=O)cc2F)C1=O. The fourth-order valence-corrected chi connectivity index (χ4v) is 3.76. The smallest absolute Gasteiger partial charge is 0.325 e. The zero-order chi connectivity index (χ0) is 22.8. The third-order valence-corrected chi connectivity index (χ3v) is 5.32. The first-order valence-electron chi connectivity index (χ1n) is 9.87. The van der Waals surface area contributed by atoms with Gasteiger partial charge < -0.3 is 19.3 Å². The molecule has 2 aliphatic heterocycles. The van der Waals surface area contributed by atoms with E-state index in [-0.39, 0.29) is 67.4 Å². The Balaban J connectivity index is 1.55. The van der Waals surface area contributed by atoms with Crippen molar-refractivity contribution in [2.24, 2.45) is 0 Å². The Morgan fingerprint density at radius 2 is 2.03 bits per heavy atom. The van der Waals surface area contributed by atoms with Gasteiger partial charge in [0.15, 0.2) is 0 Å². The molecule has 4 rings (SSSR count). The lowest BCUT2D eigenvalue weighted by Gasteiger charge is -2.23. The van der Waals surface area contributed by atoms with Crippen molar-refractivity contribution in [2.75, 3.05) is 49.2 Å². The zero-order valence-electron chi connectivity index (χ0n) is 17.1. The number of carbonyl (C=O) groups is 3. The Kier molecular flexibility index (Phi) is 6.08. The van der Waals surface area contributed by atoms with E-state index in [4.69, 9.17) is 21.1 Å². The Bertz CT molecular complexity index is 1080. The van der Waals surface area contributed by atoms with E-state index in [9.17, 15) is 14.4 Å². The predicted octanol–water partition coefficient (Wildman–Crippen LogP) is 2.11. The normalized spacial score (nSPS) is 16.0. The van der Waals surface area contributed by atoms with Crippen LogP contribution in [0.3, 0.4) is 0 Å². The summed E-state index contributed by atoms with van der Waals surface area (Å²) in [4.78, 5) is 48.9. The van der Waals surface area contributed by atoms with Crippen molar-refractivity contribution in [2.45, 2.75) is 6.92 Å². The number of benzene rings is 1. The van der Waals surface area contributed by atoms with Crippen molar-refractivity contribution in [3.8, 4) is 5.88 Å². The molecule has 1 fully saturated rings. The number of nitrogens with zero attached hydrogens (tertiary/aromatic N) is 5. The number of hydrogen-bond acceptors (Lipinski definition) is 7. The van der Waals surface area contributed by atoms with Gasteiger partial charge in [0.2, 0.25) is 5.88 Å². The van der Waals surface area contributed by atoms with Crippen LogP contribution in [0, 0.1) is 5.82 Å². The monoisotopic (exact) mass is 463 g/mol. The summed E-state index contributed by atoms with van der Waals surface area (Å²) in [5.74, 6) is -1.67. The number of fused-ring (bicyclic) bond motifs is 1. The third-order valence-electron chi connectivity index (χ3n) is 5.03. The molecule has 0 N–H and O–H groups in total. The van der Waals surface area contributed by atoms with Gasteiger partial charge in [0, 0.05) is 18.8 Å². The number of carbonyl (C=O) groups excluding carboxylic acids is 3. The van der Waals surface area contributed by atoms with E-state index < -0.39 is 23.7 Å². The molecule has 1 aromatic heterocycles. The number of anilines is 2. The van der Waals surface area contributed by atoms with Gasteiger partial charge in [-0.1, -0.05) is 11.6 Å². The largest absolute Gasteiger partial charge is 0.475 e. The molecule has 0 unspecified atom stereocenters. The summed E-state index contributed by atoms with van der Waals surface area (Å²) in [6.45, 7) is 2.42. The first kappa shape index (κ1) is 21.8. The second-order valence-electron chi connectivity index (χ2n) is 6.95. The van der Waals surface area contributed by atoms with Gasteiger partial charge in [0.25, 0.3) is 5.91 Å². The molecular weight excluding hydrogens is 445 g/mol. The molecule has 168 valence electrons. The van der Waals surface area contributed by atoms with Crippen LogP contribution in [0.4, 0.5) is 20.6 Å². The summed E-state index contributed by atoms with van der Waals surface area (Å²) in [5, 5.41) is -0.0617. The van der Waals surface area contributed by atoms with Gasteiger partial charge >= 0.3 is 12.0 Å². The number of amides is 3. The van der Waals surface area contributed by atoms with Gasteiger partial charge in [-0.05, 0) is 25.1 Å². The van der Waals surface area contributed by atoms with E-state index in [1.807, 2.05) is 0 Å². The predicted molar refractivity (Wildman–Crippen MR) is 112 cm³/mol. The third kappa shape index (κ3) is 4.03. The number of hydrogen-bond donors (Lipinski definition) is 0. The number of urea groups is 1. The number of ether oxygens (including phenoxy) is 2. The molecule has 0 bridgehead atoms. The van der Waals surface area contributed by atoms with Crippen LogP contribution in [-0.2, 0) is 9.53 Å². The van der Waals surface area contributed by atoms with Crippen molar-refractivity contribution in [1.82, 2.24) is 14.9 Å². The molecule has 0 atom stereocenters. The number of rotatable bonds is 5. The van der Waals surface area contributed by atoms with Crippen LogP contribution in [0.1, 0.15) is 17.3 Å². The fourth-order valence-electron chi connectivity index (χ4n) is 3.55. The average Bonchev–Trinajstić information content (AvgIpc) is 3.00. The van der Waals surface area contributed by atoms with E-state index in [1.165, 1.54) is 33.2 Å². The van der Waals surface area contributed by atoms with E-state index in [0.717, 1.165) is 6.07 Å². The lowest BCUT2D eigenvalue weighted by Crippen LogP contribution is -2.36. The van der Waals surface area contributed by atoms with Crippen LogP contribution >= 0.6 is 11.6 Å². The van der Waals surface area contributed by atoms with Gasteiger partial charge in [0.05, 0.1) is 18.8 Å². The first-order chi connectivity index (χ1) is 15.4. The van der Waals surface area contributed by atoms with Crippen molar-refractivity contribution < 1.29 is 28.2 Å². The summed E-state index contributed by atoms with van der Waals surface area (Å²) in [7, 11) is 0. The highest BCUT2D eigenvalue weighted by molar-refractivity contribution is 6.33. The maximum Gasteiger partial charge on any atom is 0.325 e. The van der Waals surface area contributed by atoms with Crippen molar-refractivity contribution in [3.05, 3.63) is 41.1 Å². The van der Waals surface area contributed by atoms with Crippen LogP contribution < -0.4 is 14.5 Å². The van der Waals surface area contributed by atoms with Gasteiger partial charge in [-0.2, -0.15) is 0 Å². The maximum atomic E-state index is 15.0. The van der Waals surface area contributed by atoms with E-state index >= 15 is 4.39 Å². The van der Waals surface area contributed by atoms with Crippen molar-refractivity contribution >= 4 is 40.9 Å². The highest BCUT2D eigenvalue weighted by Crippen LogP contribution is 2.32. The summed E-state index contributed by atoms with van der Waals surface area (Å²) in [6.07, 6.45) is 1.19. The lowest BCUT2D eigenvalue weighted by atomic mass is 10.2. The molecular formula is C20H19ClFN5O5.